The maximum Gasteiger partial charge on any atom is 0.000954 e. The molecule has 1 atom stereocenters. The van der Waals surface area contributed by atoms with Gasteiger partial charge in [-0.2, -0.15) is 0 Å². The van der Waals surface area contributed by atoms with Gasteiger partial charge in [0.2, 0.25) is 0 Å². The smallest absolute Gasteiger partial charge is 0.000954 e. The van der Waals surface area contributed by atoms with Gasteiger partial charge in [0, 0.05) is 6.54 Å². The van der Waals surface area contributed by atoms with Crippen LogP contribution < -0.4 is 5.73 Å². The first-order valence-corrected chi connectivity index (χ1v) is 6.68. The van der Waals surface area contributed by atoms with Gasteiger partial charge >= 0.3 is 0 Å². The zero-order valence-corrected chi connectivity index (χ0v) is 10.5. The maximum absolute atomic E-state index is 5.62. The van der Waals surface area contributed by atoms with Gasteiger partial charge in [0.05, 0.1) is 0 Å². The number of nitrogens with zero attached hydrogens (tertiary/aromatic N) is 1. The molecule has 0 aromatic rings. The summed E-state index contributed by atoms with van der Waals surface area (Å²) in [4.78, 5) is 2.62. The lowest BCUT2D eigenvalue weighted by Gasteiger charge is -2.31. The van der Waals surface area contributed by atoms with Gasteiger partial charge < -0.3 is 10.6 Å². The molecule has 0 amide bonds. The van der Waals surface area contributed by atoms with Crippen molar-refractivity contribution in [1.82, 2.24) is 4.90 Å². The number of hydrogen-bond acceptors (Lipinski definition) is 2. The highest BCUT2D eigenvalue weighted by Crippen LogP contribution is 2.27. The SMILES string of the molecule is CCN(CCCC(C)CN)CC1CCC1. The van der Waals surface area contributed by atoms with E-state index in [0.29, 0.717) is 5.92 Å². The minimum Gasteiger partial charge on any atom is -0.330 e. The van der Waals surface area contributed by atoms with Gasteiger partial charge in [0.25, 0.3) is 0 Å². The fourth-order valence-electron chi connectivity index (χ4n) is 2.20. The summed E-state index contributed by atoms with van der Waals surface area (Å²) < 4.78 is 0. The highest BCUT2D eigenvalue weighted by Gasteiger charge is 2.19. The predicted molar refractivity (Wildman–Crippen MR) is 66.9 cm³/mol. The standard InChI is InChI=1S/C13H28N2/c1-3-15(11-13-7-4-8-13)9-5-6-12(2)10-14/h12-13H,3-11,14H2,1-2H3. The van der Waals surface area contributed by atoms with Crippen LogP contribution in [-0.4, -0.2) is 31.1 Å². The van der Waals surface area contributed by atoms with Gasteiger partial charge in [-0.15, -0.1) is 0 Å². The summed E-state index contributed by atoms with van der Waals surface area (Å²) in [5.74, 6) is 1.71. The van der Waals surface area contributed by atoms with Crippen LogP contribution in [0.2, 0.25) is 0 Å². The first kappa shape index (κ1) is 13.0. The number of hydrogen-bond donors (Lipinski definition) is 1. The minimum atomic E-state index is 0.701. The van der Waals surface area contributed by atoms with Gasteiger partial charge in [0.1, 0.15) is 0 Å². The molecule has 0 spiro atoms. The van der Waals surface area contributed by atoms with Crippen molar-refractivity contribution < 1.29 is 0 Å². The zero-order valence-electron chi connectivity index (χ0n) is 10.5. The third-order valence-electron chi connectivity index (χ3n) is 3.76. The van der Waals surface area contributed by atoms with Crippen LogP contribution in [0.3, 0.4) is 0 Å². The molecule has 90 valence electrons. The molecule has 1 saturated carbocycles. The second-order valence-electron chi connectivity index (χ2n) is 5.17. The molecule has 0 aliphatic heterocycles. The van der Waals surface area contributed by atoms with Gasteiger partial charge in [-0.3, -0.25) is 0 Å². The average Bonchev–Trinajstić information content (AvgIpc) is 2.20. The lowest BCUT2D eigenvalue weighted by molar-refractivity contribution is 0.180. The molecule has 0 bridgehead atoms. The Hall–Kier alpha value is -0.0800. The normalized spacial score (nSPS) is 19.2. The first-order valence-electron chi connectivity index (χ1n) is 6.68. The molecule has 0 radical (unpaired) electrons. The Morgan fingerprint density at radius 3 is 2.60 bits per heavy atom. The van der Waals surface area contributed by atoms with Gasteiger partial charge in [-0.25, -0.2) is 0 Å². The zero-order chi connectivity index (χ0) is 11.1. The summed E-state index contributed by atoms with van der Waals surface area (Å²) in [7, 11) is 0. The van der Waals surface area contributed by atoms with E-state index in [4.69, 9.17) is 5.73 Å². The molecule has 2 heteroatoms. The van der Waals surface area contributed by atoms with Crippen LogP contribution in [0.1, 0.15) is 46.0 Å². The Balaban J connectivity index is 2.04. The molecular formula is C13H28N2. The lowest BCUT2D eigenvalue weighted by Crippen LogP contribution is -2.33. The van der Waals surface area contributed by atoms with Crippen molar-refractivity contribution >= 4 is 0 Å². The van der Waals surface area contributed by atoms with Crippen LogP contribution >= 0.6 is 0 Å². The summed E-state index contributed by atoms with van der Waals surface area (Å²) >= 11 is 0. The molecule has 0 aromatic heterocycles. The molecule has 15 heavy (non-hydrogen) atoms. The van der Waals surface area contributed by atoms with Crippen LogP contribution in [0, 0.1) is 11.8 Å². The van der Waals surface area contributed by atoms with Gasteiger partial charge in [0.15, 0.2) is 0 Å². The third-order valence-corrected chi connectivity index (χ3v) is 3.76. The third kappa shape index (κ3) is 4.98. The van der Waals surface area contributed by atoms with Gasteiger partial charge in [-0.05, 0) is 57.2 Å². The Bertz CT molecular complexity index is 155. The maximum atomic E-state index is 5.62. The van der Waals surface area contributed by atoms with Crippen LogP contribution in [0.5, 0.6) is 0 Å². The molecule has 0 saturated heterocycles. The lowest BCUT2D eigenvalue weighted by atomic mass is 9.85. The Morgan fingerprint density at radius 1 is 1.40 bits per heavy atom. The molecule has 2 nitrogen and oxygen atoms in total. The summed E-state index contributed by atoms with van der Waals surface area (Å²) in [6.45, 7) is 9.21. The fourth-order valence-corrected chi connectivity index (χ4v) is 2.20. The van der Waals surface area contributed by atoms with Crippen molar-refractivity contribution in [2.24, 2.45) is 17.6 Å². The molecule has 1 aliphatic carbocycles. The molecule has 0 heterocycles. The molecule has 1 unspecified atom stereocenters. The van der Waals surface area contributed by atoms with Gasteiger partial charge in [-0.1, -0.05) is 20.3 Å². The van der Waals surface area contributed by atoms with Crippen LogP contribution in [0.25, 0.3) is 0 Å². The van der Waals surface area contributed by atoms with E-state index in [2.05, 4.69) is 18.7 Å². The molecule has 1 rings (SSSR count). The summed E-state index contributed by atoms with van der Waals surface area (Å²) in [5, 5.41) is 0. The average molecular weight is 212 g/mol. The van der Waals surface area contributed by atoms with Crippen LogP contribution in [0.4, 0.5) is 0 Å². The molecule has 0 aromatic carbocycles. The second kappa shape index (κ2) is 7.24. The van der Waals surface area contributed by atoms with E-state index in [1.54, 1.807) is 0 Å². The predicted octanol–water partition coefficient (Wildman–Crippen LogP) is 2.48. The first-order chi connectivity index (χ1) is 7.26. The Morgan fingerprint density at radius 2 is 2.13 bits per heavy atom. The highest BCUT2D eigenvalue weighted by atomic mass is 15.1. The van der Waals surface area contributed by atoms with E-state index in [1.165, 1.54) is 51.7 Å². The van der Waals surface area contributed by atoms with Crippen molar-refractivity contribution in [3.05, 3.63) is 0 Å². The van der Waals surface area contributed by atoms with E-state index in [-0.39, 0.29) is 0 Å². The number of nitrogens with two attached hydrogens (primary N) is 1. The monoisotopic (exact) mass is 212 g/mol. The highest BCUT2D eigenvalue weighted by molar-refractivity contribution is 4.73. The molecule has 1 aliphatic rings. The fraction of sp³-hybridized carbons (Fsp3) is 1.00. The number of rotatable bonds is 8. The molecular weight excluding hydrogens is 184 g/mol. The van der Waals surface area contributed by atoms with E-state index in [9.17, 15) is 0 Å². The second-order valence-corrected chi connectivity index (χ2v) is 5.17. The van der Waals surface area contributed by atoms with E-state index in [1.807, 2.05) is 0 Å². The van der Waals surface area contributed by atoms with Crippen molar-refractivity contribution in [1.29, 1.82) is 0 Å². The quantitative estimate of drug-likeness (QED) is 0.670. The minimum absolute atomic E-state index is 0.701. The summed E-state index contributed by atoms with van der Waals surface area (Å²) in [6.07, 6.45) is 7.01. The Kier molecular flexibility index (Phi) is 6.26. The van der Waals surface area contributed by atoms with Crippen LogP contribution in [0.15, 0.2) is 0 Å². The van der Waals surface area contributed by atoms with E-state index in [0.717, 1.165) is 12.5 Å². The van der Waals surface area contributed by atoms with E-state index < -0.39 is 0 Å². The van der Waals surface area contributed by atoms with Crippen molar-refractivity contribution in [3.63, 3.8) is 0 Å². The molecule has 2 N–H and O–H groups in total. The van der Waals surface area contributed by atoms with Crippen molar-refractivity contribution in [2.45, 2.75) is 46.0 Å². The van der Waals surface area contributed by atoms with Crippen molar-refractivity contribution in [2.75, 3.05) is 26.2 Å². The molecule has 1 fully saturated rings. The topological polar surface area (TPSA) is 29.3 Å². The largest absolute Gasteiger partial charge is 0.330 e. The van der Waals surface area contributed by atoms with E-state index >= 15 is 0 Å². The Labute approximate surface area is 95.2 Å². The summed E-state index contributed by atoms with van der Waals surface area (Å²) in [6, 6.07) is 0. The van der Waals surface area contributed by atoms with Crippen molar-refractivity contribution in [3.8, 4) is 0 Å². The summed E-state index contributed by atoms with van der Waals surface area (Å²) in [5.41, 5.74) is 5.62. The van der Waals surface area contributed by atoms with Crippen LogP contribution in [-0.2, 0) is 0 Å².